The third kappa shape index (κ3) is 4.30. The summed E-state index contributed by atoms with van der Waals surface area (Å²) in [5.74, 6) is 0.604. The number of rotatable bonds is 4. The molecule has 1 aliphatic rings. The molecule has 1 aliphatic heterocycles. The topological polar surface area (TPSA) is 12.5 Å². The third-order valence-electron chi connectivity index (χ3n) is 3.68. The van der Waals surface area contributed by atoms with Crippen molar-refractivity contribution in [1.29, 1.82) is 0 Å². The minimum Gasteiger partial charge on any atom is -0.486 e. The van der Waals surface area contributed by atoms with Gasteiger partial charge in [0.15, 0.2) is 5.75 Å². The molecule has 1 unspecified atom stereocenters. The molecule has 0 bridgehead atoms. The first-order valence-corrected chi connectivity index (χ1v) is 7.85. The average Bonchev–Trinajstić information content (AvgIpc) is 2.91. The fourth-order valence-electron chi connectivity index (χ4n) is 2.64. The summed E-state index contributed by atoms with van der Waals surface area (Å²) in [6.07, 6.45) is 1.14. The van der Waals surface area contributed by atoms with Gasteiger partial charge in [0.25, 0.3) is 0 Å². The van der Waals surface area contributed by atoms with Crippen LogP contribution < -0.4 is 4.74 Å². The zero-order valence-corrected chi connectivity index (χ0v) is 14.4. The average molecular weight is 359 g/mol. The maximum absolute atomic E-state index is 6.15. The highest BCUT2D eigenvalue weighted by Crippen LogP contribution is 2.34. The Morgan fingerprint density at radius 2 is 1.68 bits per heavy atom. The summed E-state index contributed by atoms with van der Waals surface area (Å²) < 4.78 is 6.00. The van der Waals surface area contributed by atoms with Crippen LogP contribution in [0.1, 0.15) is 12.0 Å². The van der Waals surface area contributed by atoms with E-state index in [0.29, 0.717) is 15.8 Å². The molecule has 0 radical (unpaired) electrons. The second kappa shape index (κ2) is 8.07. The second-order valence-electron chi connectivity index (χ2n) is 5.30. The van der Waals surface area contributed by atoms with Crippen LogP contribution in [-0.4, -0.2) is 24.1 Å². The van der Waals surface area contributed by atoms with E-state index in [1.165, 1.54) is 5.56 Å². The van der Waals surface area contributed by atoms with E-state index < -0.39 is 0 Å². The van der Waals surface area contributed by atoms with E-state index in [4.69, 9.17) is 27.9 Å². The fraction of sp³-hybridized carbons (Fsp3) is 0.294. The van der Waals surface area contributed by atoms with Crippen molar-refractivity contribution in [3.05, 3.63) is 64.1 Å². The standard InChI is InChI=1S/C17H17Cl2NO.ClH/c18-15-7-4-8-16(19)17(15)21-14-9-10-20(12-14)11-13-5-2-1-3-6-13;/h1-8,14H,9-12H2;1H. The van der Waals surface area contributed by atoms with Crippen LogP contribution in [0.25, 0.3) is 0 Å². The molecule has 0 aromatic heterocycles. The quantitative estimate of drug-likeness (QED) is 0.756. The van der Waals surface area contributed by atoms with Gasteiger partial charge in [0, 0.05) is 19.6 Å². The predicted molar refractivity (Wildman–Crippen MR) is 94.5 cm³/mol. The van der Waals surface area contributed by atoms with E-state index in [2.05, 4.69) is 29.2 Å². The Kier molecular flexibility index (Phi) is 6.39. The lowest BCUT2D eigenvalue weighted by molar-refractivity contribution is 0.198. The maximum atomic E-state index is 6.15. The SMILES string of the molecule is Cl.Clc1cccc(Cl)c1OC1CCN(Cc2ccccc2)C1. The Morgan fingerprint density at radius 3 is 2.36 bits per heavy atom. The van der Waals surface area contributed by atoms with Crippen LogP contribution in [0, 0.1) is 0 Å². The molecule has 1 saturated heterocycles. The van der Waals surface area contributed by atoms with Gasteiger partial charge in [0.2, 0.25) is 0 Å². The first-order chi connectivity index (χ1) is 10.2. The highest BCUT2D eigenvalue weighted by atomic mass is 35.5. The molecule has 118 valence electrons. The van der Waals surface area contributed by atoms with Crippen LogP contribution in [0.3, 0.4) is 0 Å². The molecule has 1 heterocycles. The van der Waals surface area contributed by atoms with Gasteiger partial charge in [0.05, 0.1) is 10.0 Å². The number of ether oxygens (including phenoxy) is 1. The van der Waals surface area contributed by atoms with Gasteiger partial charge >= 0.3 is 0 Å². The van der Waals surface area contributed by atoms with Crippen LogP contribution in [0.4, 0.5) is 0 Å². The van der Waals surface area contributed by atoms with Crippen LogP contribution in [0.5, 0.6) is 5.75 Å². The summed E-state index contributed by atoms with van der Waals surface area (Å²) in [5.41, 5.74) is 1.33. The van der Waals surface area contributed by atoms with Gasteiger partial charge in [-0.1, -0.05) is 59.6 Å². The minimum absolute atomic E-state index is 0. The van der Waals surface area contributed by atoms with Gasteiger partial charge in [-0.15, -0.1) is 12.4 Å². The molecule has 2 nitrogen and oxygen atoms in total. The molecule has 2 aromatic carbocycles. The van der Waals surface area contributed by atoms with Gasteiger partial charge in [-0.25, -0.2) is 0 Å². The summed E-state index contributed by atoms with van der Waals surface area (Å²) in [6, 6.07) is 15.9. The molecule has 0 spiro atoms. The summed E-state index contributed by atoms with van der Waals surface area (Å²) in [7, 11) is 0. The van der Waals surface area contributed by atoms with Crippen LogP contribution in [0.15, 0.2) is 48.5 Å². The van der Waals surface area contributed by atoms with Crippen LogP contribution >= 0.6 is 35.6 Å². The molecule has 3 rings (SSSR count). The Bertz CT molecular complexity index is 586. The predicted octanol–water partition coefficient (Wildman–Crippen LogP) is 5.07. The highest BCUT2D eigenvalue weighted by Gasteiger charge is 2.25. The molecular formula is C17H18Cl3NO. The van der Waals surface area contributed by atoms with E-state index in [1.54, 1.807) is 12.1 Å². The number of hydrogen-bond donors (Lipinski definition) is 0. The van der Waals surface area contributed by atoms with Crippen molar-refractivity contribution >= 4 is 35.6 Å². The van der Waals surface area contributed by atoms with Crippen molar-refractivity contribution in [2.75, 3.05) is 13.1 Å². The van der Waals surface area contributed by atoms with E-state index in [1.807, 2.05) is 12.1 Å². The molecule has 0 N–H and O–H groups in total. The largest absolute Gasteiger partial charge is 0.486 e. The zero-order chi connectivity index (χ0) is 14.7. The molecule has 5 heteroatoms. The number of benzene rings is 2. The molecular weight excluding hydrogens is 341 g/mol. The van der Waals surface area contributed by atoms with Gasteiger partial charge in [-0.3, -0.25) is 4.90 Å². The summed E-state index contributed by atoms with van der Waals surface area (Å²) in [4.78, 5) is 2.39. The highest BCUT2D eigenvalue weighted by molar-refractivity contribution is 6.37. The van der Waals surface area contributed by atoms with Gasteiger partial charge < -0.3 is 4.74 Å². The van der Waals surface area contributed by atoms with Crippen molar-refractivity contribution in [3.8, 4) is 5.75 Å². The third-order valence-corrected chi connectivity index (χ3v) is 4.28. The van der Waals surface area contributed by atoms with Crippen molar-refractivity contribution in [2.45, 2.75) is 19.1 Å². The van der Waals surface area contributed by atoms with Gasteiger partial charge in [-0.2, -0.15) is 0 Å². The number of nitrogens with zero attached hydrogens (tertiary/aromatic N) is 1. The Morgan fingerprint density at radius 1 is 1.00 bits per heavy atom. The summed E-state index contributed by atoms with van der Waals surface area (Å²) in [5, 5.41) is 1.15. The molecule has 0 aliphatic carbocycles. The smallest absolute Gasteiger partial charge is 0.156 e. The minimum atomic E-state index is 0. The number of para-hydroxylation sites is 1. The summed E-state index contributed by atoms with van der Waals surface area (Å²) in [6.45, 7) is 2.88. The van der Waals surface area contributed by atoms with Crippen molar-refractivity contribution < 1.29 is 4.74 Å². The van der Waals surface area contributed by atoms with Gasteiger partial charge in [0.1, 0.15) is 6.10 Å². The van der Waals surface area contributed by atoms with E-state index in [9.17, 15) is 0 Å². The maximum Gasteiger partial charge on any atom is 0.156 e. The number of hydrogen-bond acceptors (Lipinski definition) is 2. The fourth-order valence-corrected chi connectivity index (χ4v) is 3.13. The molecule has 22 heavy (non-hydrogen) atoms. The lowest BCUT2D eigenvalue weighted by atomic mass is 10.2. The normalized spacial score (nSPS) is 18.0. The first-order valence-electron chi connectivity index (χ1n) is 7.09. The molecule has 2 aromatic rings. The van der Waals surface area contributed by atoms with Crippen molar-refractivity contribution in [3.63, 3.8) is 0 Å². The lowest BCUT2D eigenvalue weighted by Gasteiger charge is -2.18. The van der Waals surface area contributed by atoms with Crippen LogP contribution in [-0.2, 0) is 6.54 Å². The molecule has 0 amide bonds. The monoisotopic (exact) mass is 357 g/mol. The number of likely N-dealkylation sites (tertiary alicyclic amines) is 1. The van der Waals surface area contributed by atoms with E-state index in [-0.39, 0.29) is 18.5 Å². The van der Waals surface area contributed by atoms with Crippen molar-refractivity contribution in [2.24, 2.45) is 0 Å². The molecule has 1 atom stereocenters. The van der Waals surface area contributed by atoms with Gasteiger partial charge in [-0.05, 0) is 24.1 Å². The summed E-state index contributed by atoms with van der Waals surface area (Å²) >= 11 is 12.3. The first kappa shape index (κ1) is 17.4. The second-order valence-corrected chi connectivity index (χ2v) is 6.11. The number of halogens is 3. The molecule has 1 fully saturated rings. The van der Waals surface area contributed by atoms with Crippen molar-refractivity contribution in [1.82, 2.24) is 4.90 Å². The molecule has 0 saturated carbocycles. The zero-order valence-electron chi connectivity index (χ0n) is 12.0. The lowest BCUT2D eigenvalue weighted by Crippen LogP contribution is -2.24. The van der Waals surface area contributed by atoms with E-state index in [0.717, 1.165) is 26.1 Å². The van der Waals surface area contributed by atoms with E-state index >= 15 is 0 Å². The Hall–Kier alpha value is -0.930. The Labute approximate surface area is 147 Å². The van der Waals surface area contributed by atoms with Crippen LogP contribution in [0.2, 0.25) is 10.0 Å². The Balaban J connectivity index is 0.00000176.